The fraction of sp³-hybridized carbons (Fsp3) is 0.625. The van der Waals surface area contributed by atoms with Gasteiger partial charge in [0.1, 0.15) is 0 Å². The molecule has 1 aromatic heterocycles. The van der Waals surface area contributed by atoms with Gasteiger partial charge in [-0.3, -0.25) is 14.4 Å². The molecule has 6 nitrogen and oxygen atoms in total. The summed E-state index contributed by atoms with van der Waals surface area (Å²) in [7, 11) is 0. The SMILES string of the molecule is O=C(Nc1ccccc1)[C@H]1CN2CC[C@@H]1C[C@@H]2Cn1cc(CC2CCCCC2)nn1. The van der Waals surface area contributed by atoms with Crippen molar-refractivity contribution in [3.05, 3.63) is 42.2 Å². The van der Waals surface area contributed by atoms with Crippen molar-refractivity contribution in [3.63, 3.8) is 0 Å². The molecule has 4 fully saturated rings. The van der Waals surface area contributed by atoms with E-state index in [2.05, 4.69) is 26.7 Å². The molecule has 1 aliphatic carbocycles. The van der Waals surface area contributed by atoms with Crippen LogP contribution in [0, 0.1) is 17.8 Å². The highest BCUT2D eigenvalue weighted by atomic mass is 16.2. The molecule has 1 amide bonds. The molecule has 30 heavy (non-hydrogen) atoms. The van der Waals surface area contributed by atoms with Crippen molar-refractivity contribution in [1.82, 2.24) is 19.9 Å². The van der Waals surface area contributed by atoms with Crippen LogP contribution < -0.4 is 5.32 Å². The van der Waals surface area contributed by atoms with Gasteiger partial charge in [-0.05, 0) is 49.8 Å². The highest BCUT2D eigenvalue weighted by Crippen LogP contribution is 2.37. The fourth-order valence-corrected chi connectivity index (χ4v) is 5.81. The summed E-state index contributed by atoms with van der Waals surface area (Å²) in [4.78, 5) is 15.3. The Kier molecular flexibility index (Phi) is 5.84. The van der Waals surface area contributed by atoms with Crippen LogP contribution in [0.15, 0.2) is 36.5 Å². The number of nitrogens with zero attached hydrogens (tertiary/aromatic N) is 4. The number of hydrogen-bond donors (Lipinski definition) is 1. The molecule has 4 heterocycles. The molecule has 6 heteroatoms. The number of carbonyl (C=O) groups excluding carboxylic acids is 1. The van der Waals surface area contributed by atoms with E-state index in [9.17, 15) is 4.79 Å². The summed E-state index contributed by atoms with van der Waals surface area (Å²) in [5.74, 6) is 1.52. The molecule has 1 aromatic carbocycles. The van der Waals surface area contributed by atoms with Gasteiger partial charge in [0, 0.05) is 24.5 Å². The first-order chi connectivity index (χ1) is 14.7. The summed E-state index contributed by atoms with van der Waals surface area (Å²) in [5, 5.41) is 12.0. The Labute approximate surface area is 179 Å². The molecule has 1 saturated carbocycles. The zero-order valence-corrected chi connectivity index (χ0v) is 17.7. The number of carbonyl (C=O) groups is 1. The van der Waals surface area contributed by atoms with E-state index >= 15 is 0 Å². The average molecular weight is 408 g/mol. The van der Waals surface area contributed by atoms with Crippen molar-refractivity contribution in [2.75, 3.05) is 18.4 Å². The number of hydrogen-bond acceptors (Lipinski definition) is 4. The van der Waals surface area contributed by atoms with E-state index in [1.54, 1.807) is 0 Å². The maximum atomic E-state index is 12.8. The van der Waals surface area contributed by atoms with E-state index in [-0.39, 0.29) is 11.8 Å². The van der Waals surface area contributed by atoms with E-state index in [1.165, 1.54) is 32.1 Å². The van der Waals surface area contributed by atoms with Crippen LogP contribution in [0.4, 0.5) is 5.69 Å². The molecular weight excluding hydrogens is 374 g/mol. The predicted octanol–water partition coefficient (Wildman–Crippen LogP) is 3.75. The van der Waals surface area contributed by atoms with Gasteiger partial charge in [0.25, 0.3) is 0 Å². The summed E-state index contributed by atoms with van der Waals surface area (Å²) in [5.41, 5.74) is 2.04. The molecule has 4 atom stereocenters. The van der Waals surface area contributed by atoms with Crippen LogP contribution in [0.1, 0.15) is 50.6 Å². The molecular formula is C24H33N5O. The molecule has 0 spiro atoms. The third-order valence-electron chi connectivity index (χ3n) is 7.46. The maximum Gasteiger partial charge on any atom is 0.229 e. The smallest absolute Gasteiger partial charge is 0.229 e. The topological polar surface area (TPSA) is 63.1 Å². The monoisotopic (exact) mass is 407 g/mol. The molecule has 6 rings (SSSR count). The van der Waals surface area contributed by atoms with Gasteiger partial charge >= 0.3 is 0 Å². The lowest BCUT2D eigenvalue weighted by Gasteiger charge is -2.49. The van der Waals surface area contributed by atoms with Gasteiger partial charge < -0.3 is 5.32 Å². The number of aromatic nitrogens is 3. The molecule has 1 unspecified atom stereocenters. The zero-order valence-electron chi connectivity index (χ0n) is 17.7. The Hall–Kier alpha value is -2.21. The standard InChI is InChI=1S/C24H33N5O/c30-24(25-20-9-5-2-6-10-20)23-17-28-12-11-19(23)14-22(28)16-29-15-21(26-27-29)13-18-7-3-1-4-8-18/h2,5-6,9-10,15,18-19,22-23H,1,3-4,7-8,11-14,16-17H2,(H,25,30)/t19-,22-,23+/m1/s1. The van der Waals surface area contributed by atoms with Crippen LogP contribution in [0.2, 0.25) is 0 Å². The molecule has 4 aliphatic rings. The van der Waals surface area contributed by atoms with Crippen LogP contribution >= 0.6 is 0 Å². The number of anilines is 1. The first kappa shape index (κ1) is 19.7. The zero-order chi connectivity index (χ0) is 20.3. The van der Waals surface area contributed by atoms with E-state index < -0.39 is 0 Å². The Morgan fingerprint density at radius 3 is 2.70 bits per heavy atom. The molecule has 2 aromatic rings. The summed E-state index contributed by atoms with van der Waals surface area (Å²) < 4.78 is 2.04. The predicted molar refractivity (Wildman–Crippen MR) is 117 cm³/mol. The van der Waals surface area contributed by atoms with Crippen LogP contribution in [-0.2, 0) is 17.8 Å². The number of benzene rings is 1. The molecule has 3 aliphatic heterocycles. The van der Waals surface area contributed by atoms with E-state index in [0.29, 0.717) is 12.0 Å². The third-order valence-corrected chi connectivity index (χ3v) is 7.46. The highest BCUT2D eigenvalue weighted by molar-refractivity contribution is 5.93. The van der Waals surface area contributed by atoms with E-state index in [4.69, 9.17) is 0 Å². The minimum atomic E-state index is 0.0906. The third kappa shape index (κ3) is 4.43. The Morgan fingerprint density at radius 2 is 1.93 bits per heavy atom. The summed E-state index contributed by atoms with van der Waals surface area (Å²) in [6.45, 7) is 2.84. The lowest BCUT2D eigenvalue weighted by molar-refractivity contribution is -0.127. The summed E-state index contributed by atoms with van der Waals surface area (Å²) in [6.07, 6.45) is 12.3. The second kappa shape index (κ2) is 8.88. The molecule has 2 bridgehead atoms. The number of amides is 1. The Bertz CT molecular complexity index is 844. The maximum absolute atomic E-state index is 12.8. The summed E-state index contributed by atoms with van der Waals surface area (Å²) in [6, 6.07) is 10.3. The minimum Gasteiger partial charge on any atom is -0.326 e. The summed E-state index contributed by atoms with van der Waals surface area (Å²) >= 11 is 0. The van der Waals surface area contributed by atoms with E-state index in [0.717, 1.165) is 56.2 Å². The van der Waals surface area contributed by atoms with Crippen molar-refractivity contribution in [1.29, 1.82) is 0 Å². The Balaban J connectivity index is 1.16. The molecule has 0 radical (unpaired) electrons. The highest BCUT2D eigenvalue weighted by Gasteiger charge is 2.43. The number of para-hydroxylation sites is 1. The number of fused-ring (bicyclic) bond motifs is 3. The lowest BCUT2D eigenvalue weighted by Crippen LogP contribution is -2.57. The number of rotatable bonds is 6. The van der Waals surface area contributed by atoms with Crippen LogP contribution in [0.25, 0.3) is 0 Å². The van der Waals surface area contributed by atoms with Crippen LogP contribution in [0.5, 0.6) is 0 Å². The Morgan fingerprint density at radius 1 is 1.10 bits per heavy atom. The van der Waals surface area contributed by atoms with Crippen molar-refractivity contribution in [3.8, 4) is 0 Å². The van der Waals surface area contributed by atoms with Gasteiger partial charge in [-0.25, -0.2) is 0 Å². The van der Waals surface area contributed by atoms with Crippen LogP contribution in [0.3, 0.4) is 0 Å². The van der Waals surface area contributed by atoms with Crippen molar-refractivity contribution in [2.45, 2.75) is 64.0 Å². The minimum absolute atomic E-state index is 0.0906. The van der Waals surface area contributed by atoms with Gasteiger partial charge in [0.05, 0.1) is 18.2 Å². The first-order valence-electron chi connectivity index (χ1n) is 11.7. The van der Waals surface area contributed by atoms with Crippen molar-refractivity contribution >= 4 is 11.6 Å². The molecule has 1 N–H and O–H groups in total. The van der Waals surface area contributed by atoms with Gasteiger partial charge in [-0.2, -0.15) is 0 Å². The fourth-order valence-electron chi connectivity index (χ4n) is 5.81. The normalized spacial score (nSPS) is 29.1. The van der Waals surface area contributed by atoms with Gasteiger partial charge in [0.2, 0.25) is 5.91 Å². The van der Waals surface area contributed by atoms with E-state index in [1.807, 2.05) is 35.0 Å². The quantitative estimate of drug-likeness (QED) is 0.792. The average Bonchev–Trinajstić information content (AvgIpc) is 3.22. The van der Waals surface area contributed by atoms with Gasteiger partial charge in [-0.1, -0.05) is 55.5 Å². The largest absolute Gasteiger partial charge is 0.326 e. The van der Waals surface area contributed by atoms with Crippen molar-refractivity contribution in [2.24, 2.45) is 17.8 Å². The second-order valence-corrected chi connectivity index (χ2v) is 9.54. The van der Waals surface area contributed by atoms with Crippen molar-refractivity contribution < 1.29 is 4.79 Å². The second-order valence-electron chi connectivity index (χ2n) is 9.54. The van der Waals surface area contributed by atoms with Gasteiger partial charge in [0.15, 0.2) is 0 Å². The molecule has 160 valence electrons. The molecule has 3 saturated heterocycles. The lowest BCUT2D eigenvalue weighted by atomic mass is 9.75. The van der Waals surface area contributed by atoms with Crippen LogP contribution in [-0.4, -0.2) is 44.9 Å². The number of nitrogens with one attached hydrogen (secondary N) is 1. The number of piperidine rings is 3. The van der Waals surface area contributed by atoms with Gasteiger partial charge in [-0.15, -0.1) is 5.10 Å². The first-order valence-corrected chi connectivity index (χ1v) is 11.7.